The van der Waals surface area contributed by atoms with Gasteiger partial charge in [0.25, 0.3) is 0 Å². The number of fused-ring (bicyclic) bond motifs is 1. The van der Waals surface area contributed by atoms with Crippen molar-refractivity contribution < 1.29 is 5.11 Å². The molecule has 5 heteroatoms. The number of nitrogens with zero attached hydrogens (tertiary/aromatic N) is 3. The lowest BCUT2D eigenvalue weighted by Crippen LogP contribution is -2.26. The van der Waals surface area contributed by atoms with Gasteiger partial charge < -0.3 is 5.11 Å². The zero-order chi connectivity index (χ0) is 22.1. The van der Waals surface area contributed by atoms with Crippen LogP contribution in [-0.2, 0) is 12.0 Å². The lowest BCUT2D eigenvalue weighted by atomic mass is 9.71. The number of hydrogen-bond donors (Lipinski definition) is 2. The van der Waals surface area contributed by atoms with Gasteiger partial charge >= 0.3 is 0 Å². The molecule has 0 amide bonds. The Balaban J connectivity index is 2.22. The maximum atomic E-state index is 11.3. The van der Waals surface area contributed by atoms with Crippen LogP contribution in [0.2, 0.25) is 0 Å². The van der Waals surface area contributed by atoms with Gasteiger partial charge in [0.1, 0.15) is 16.8 Å². The molecule has 0 fully saturated rings. The maximum absolute atomic E-state index is 11.3. The highest BCUT2D eigenvalue weighted by Gasteiger charge is 2.29. The summed E-state index contributed by atoms with van der Waals surface area (Å²) < 4.78 is 0. The van der Waals surface area contributed by atoms with Crippen LogP contribution < -0.4 is 0 Å². The van der Waals surface area contributed by atoms with E-state index in [0.29, 0.717) is 5.75 Å². The first kappa shape index (κ1) is 22.3. The topological polar surface area (TPSA) is 65.0 Å². The summed E-state index contributed by atoms with van der Waals surface area (Å²) in [6, 6.07) is 10.3. The third-order valence-electron chi connectivity index (χ3n) is 5.87. The van der Waals surface area contributed by atoms with Crippen molar-refractivity contribution in [1.82, 2.24) is 20.3 Å². The van der Waals surface area contributed by atoms with Gasteiger partial charge in [0.2, 0.25) is 0 Å². The van der Waals surface area contributed by atoms with E-state index in [9.17, 15) is 5.11 Å². The molecule has 162 valence electrons. The number of phenolic OH excluding ortho intramolecular Hbond substituents is 1. The summed E-state index contributed by atoms with van der Waals surface area (Å²) in [5, 5.41) is 22.6. The van der Waals surface area contributed by atoms with Crippen molar-refractivity contribution in [2.45, 2.75) is 66.8 Å². The Labute approximate surface area is 180 Å². The Kier molecular flexibility index (Phi) is 6.23. The third-order valence-corrected chi connectivity index (χ3v) is 5.87. The molecule has 1 heterocycles. The summed E-state index contributed by atoms with van der Waals surface area (Å²) in [6.07, 6.45) is 1.04. The number of nitrogens with one attached hydrogen (secondary N) is 1. The van der Waals surface area contributed by atoms with Crippen molar-refractivity contribution in [3.8, 4) is 16.9 Å². The average Bonchev–Trinajstić information content (AvgIpc) is 3.14. The van der Waals surface area contributed by atoms with Crippen molar-refractivity contribution in [2.75, 3.05) is 13.1 Å². The first-order chi connectivity index (χ1) is 14.1. The minimum Gasteiger partial charge on any atom is -0.507 e. The number of aromatic hydroxyl groups is 1. The Hall–Kier alpha value is -2.40. The monoisotopic (exact) mass is 408 g/mol. The molecule has 0 unspecified atom stereocenters. The molecule has 0 saturated carbocycles. The normalized spacial score (nSPS) is 12.8. The zero-order valence-electron chi connectivity index (χ0n) is 19.5. The maximum Gasteiger partial charge on any atom is 0.127 e. The van der Waals surface area contributed by atoms with Crippen LogP contribution in [0.5, 0.6) is 5.75 Å². The molecule has 0 aliphatic rings. The van der Waals surface area contributed by atoms with Gasteiger partial charge in [-0.05, 0) is 48.0 Å². The van der Waals surface area contributed by atoms with Gasteiger partial charge in [0.15, 0.2) is 0 Å². The van der Waals surface area contributed by atoms with Crippen LogP contribution in [0.3, 0.4) is 0 Å². The number of H-pyrrole nitrogens is 1. The van der Waals surface area contributed by atoms with Gasteiger partial charge in [-0.1, -0.05) is 66.7 Å². The smallest absolute Gasteiger partial charge is 0.127 e. The predicted molar refractivity (Wildman–Crippen MR) is 125 cm³/mol. The molecular formula is C25H36N4O. The summed E-state index contributed by atoms with van der Waals surface area (Å²) in [6.45, 7) is 18.4. The van der Waals surface area contributed by atoms with Gasteiger partial charge in [0.05, 0.1) is 0 Å². The highest BCUT2D eigenvalue weighted by molar-refractivity contribution is 5.93. The third kappa shape index (κ3) is 4.67. The summed E-state index contributed by atoms with van der Waals surface area (Å²) in [5.74, 6) is 0.340. The summed E-state index contributed by atoms with van der Waals surface area (Å²) >= 11 is 0. The number of rotatable bonds is 7. The Morgan fingerprint density at radius 2 is 1.67 bits per heavy atom. The molecule has 0 spiro atoms. The van der Waals surface area contributed by atoms with Crippen molar-refractivity contribution in [1.29, 1.82) is 0 Å². The molecule has 0 bridgehead atoms. The molecule has 0 aliphatic heterocycles. The molecule has 0 saturated heterocycles. The molecule has 3 aromatic rings. The average molecular weight is 409 g/mol. The second-order valence-electron chi connectivity index (χ2n) is 10.1. The summed E-state index contributed by atoms with van der Waals surface area (Å²) in [5.41, 5.74) is 5.71. The van der Waals surface area contributed by atoms with Gasteiger partial charge in [-0.15, -0.1) is 0 Å². The van der Waals surface area contributed by atoms with Crippen molar-refractivity contribution in [2.24, 2.45) is 5.41 Å². The number of benzene rings is 2. The fourth-order valence-electron chi connectivity index (χ4n) is 4.61. The van der Waals surface area contributed by atoms with Crippen molar-refractivity contribution in [3.63, 3.8) is 0 Å². The first-order valence-corrected chi connectivity index (χ1v) is 10.9. The lowest BCUT2D eigenvalue weighted by Gasteiger charge is -2.34. The standard InChI is InChI=1S/C25H36N4O/c1-8-29(9-2)15-17-13-18(25(6,7)16-24(3,4)5)14-20(23(17)30)19-11-10-12-21-22(19)27-28-26-21/h10-14,30H,8-9,15-16H2,1-7H3,(H,26,27,28). The molecule has 2 aromatic carbocycles. The van der Waals surface area contributed by atoms with Crippen LogP contribution in [-0.4, -0.2) is 38.5 Å². The number of para-hydroxylation sites is 1. The molecule has 0 radical (unpaired) electrons. The van der Waals surface area contributed by atoms with E-state index >= 15 is 0 Å². The summed E-state index contributed by atoms with van der Waals surface area (Å²) in [7, 11) is 0. The van der Waals surface area contributed by atoms with E-state index in [1.165, 1.54) is 5.56 Å². The first-order valence-electron chi connectivity index (χ1n) is 10.9. The van der Waals surface area contributed by atoms with Crippen molar-refractivity contribution in [3.05, 3.63) is 41.5 Å². The molecule has 3 rings (SSSR count). The Morgan fingerprint density at radius 3 is 2.30 bits per heavy atom. The van der Waals surface area contributed by atoms with Gasteiger partial charge in [-0.2, -0.15) is 15.4 Å². The van der Waals surface area contributed by atoms with E-state index in [-0.39, 0.29) is 10.8 Å². The molecule has 0 aliphatic carbocycles. The van der Waals surface area contributed by atoms with Crippen LogP contribution in [0.15, 0.2) is 30.3 Å². The SMILES string of the molecule is CCN(CC)Cc1cc(C(C)(C)CC(C)(C)C)cc(-c2cccc3n[nH]nc23)c1O. The number of aromatic nitrogens is 3. The van der Waals surface area contributed by atoms with Crippen molar-refractivity contribution >= 4 is 11.0 Å². The van der Waals surface area contributed by atoms with E-state index in [1.807, 2.05) is 18.2 Å². The minimum atomic E-state index is -0.0313. The second kappa shape index (κ2) is 8.38. The van der Waals surface area contributed by atoms with E-state index in [1.54, 1.807) is 0 Å². The highest BCUT2D eigenvalue weighted by atomic mass is 16.3. The van der Waals surface area contributed by atoms with E-state index in [2.05, 4.69) is 80.9 Å². The minimum absolute atomic E-state index is 0.0313. The van der Waals surface area contributed by atoms with Gasteiger partial charge in [-0.3, -0.25) is 4.90 Å². The molecular weight excluding hydrogens is 372 g/mol. The molecule has 2 N–H and O–H groups in total. The molecule has 5 nitrogen and oxygen atoms in total. The van der Waals surface area contributed by atoms with Crippen LogP contribution in [0, 0.1) is 5.41 Å². The highest BCUT2D eigenvalue weighted by Crippen LogP contribution is 2.43. The fourth-order valence-corrected chi connectivity index (χ4v) is 4.61. The lowest BCUT2D eigenvalue weighted by molar-refractivity contribution is 0.280. The van der Waals surface area contributed by atoms with Crippen LogP contribution in [0.1, 0.15) is 66.0 Å². The van der Waals surface area contributed by atoms with E-state index in [4.69, 9.17) is 0 Å². The number of aromatic amines is 1. The number of hydrogen-bond acceptors (Lipinski definition) is 4. The van der Waals surface area contributed by atoms with Crippen LogP contribution in [0.25, 0.3) is 22.2 Å². The Morgan fingerprint density at radius 1 is 0.967 bits per heavy atom. The van der Waals surface area contributed by atoms with Crippen LogP contribution >= 0.6 is 0 Å². The summed E-state index contributed by atoms with van der Waals surface area (Å²) in [4.78, 5) is 2.33. The fraction of sp³-hybridized carbons (Fsp3) is 0.520. The molecule has 0 atom stereocenters. The second-order valence-corrected chi connectivity index (χ2v) is 10.1. The number of phenols is 1. The molecule has 1 aromatic heterocycles. The predicted octanol–water partition coefficient (Wildman–Crippen LogP) is 5.89. The van der Waals surface area contributed by atoms with E-state index < -0.39 is 0 Å². The van der Waals surface area contributed by atoms with Gasteiger partial charge in [0, 0.05) is 23.2 Å². The zero-order valence-corrected chi connectivity index (χ0v) is 19.5. The van der Waals surface area contributed by atoms with E-state index in [0.717, 1.165) is 53.8 Å². The molecule has 30 heavy (non-hydrogen) atoms. The Bertz CT molecular complexity index is 1010. The van der Waals surface area contributed by atoms with Gasteiger partial charge in [-0.25, -0.2) is 0 Å². The quantitative estimate of drug-likeness (QED) is 0.512. The largest absolute Gasteiger partial charge is 0.507 e. The van der Waals surface area contributed by atoms with Crippen LogP contribution in [0.4, 0.5) is 0 Å².